The zero-order valence-electron chi connectivity index (χ0n) is 17.7. The number of carbonyl (C=O) groups is 1. The van der Waals surface area contributed by atoms with Gasteiger partial charge in [-0.3, -0.25) is 9.48 Å². The number of fused-ring (bicyclic) bond motifs is 1. The summed E-state index contributed by atoms with van der Waals surface area (Å²) in [6.07, 6.45) is 4.31. The van der Waals surface area contributed by atoms with Crippen LogP contribution in [0.15, 0.2) is 60.9 Å². The zero-order valence-corrected chi connectivity index (χ0v) is 20.0. The van der Waals surface area contributed by atoms with E-state index in [-0.39, 0.29) is 5.91 Å². The minimum atomic E-state index is -0.181. The SMILES string of the molecule is Cn1cc(-c2cc(Cl)c(C(=O)N3CCc4c(cccc4-c4cccc(Cl)n4)C3)c(Cl)c2)cn1. The first-order valence-corrected chi connectivity index (χ1v) is 11.5. The van der Waals surface area contributed by atoms with E-state index >= 15 is 0 Å². The van der Waals surface area contributed by atoms with E-state index in [0.717, 1.165) is 27.9 Å². The molecule has 166 valence electrons. The Morgan fingerprint density at radius 2 is 1.76 bits per heavy atom. The predicted molar refractivity (Wildman–Crippen MR) is 132 cm³/mol. The molecule has 0 radical (unpaired) electrons. The number of carbonyl (C=O) groups excluding carboxylic acids is 1. The molecule has 5 rings (SSSR count). The molecule has 0 aliphatic carbocycles. The Morgan fingerprint density at radius 1 is 1.00 bits per heavy atom. The van der Waals surface area contributed by atoms with Crippen molar-refractivity contribution in [1.82, 2.24) is 19.7 Å². The highest BCUT2D eigenvalue weighted by Gasteiger charge is 2.27. The number of hydrogen-bond acceptors (Lipinski definition) is 3. The van der Waals surface area contributed by atoms with Crippen molar-refractivity contribution in [3.63, 3.8) is 0 Å². The van der Waals surface area contributed by atoms with Gasteiger partial charge in [-0.25, -0.2) is 4.98 Å². The highest BCUT2D eigenvalue weighted by Crippen LogP contribution is 2.35. The van der Waals surface area contributed by atoms with Crippen molar-refractivity contribution in [2.45, 2.75) is 13.0 Å². The number of rotatable bonds is 3. The molecule has 0 atom stereocenters. The van der Waals surface area contributed by atoms with Crippen molar-refractivity contribution >= 4 is 40.7 Å². The lowest BCUT2D eigenvalue weighted by atomic mass is 9.92. The topological polar surface area (TPSA) is 51.0 Å². The molecule has 2 aromatic heterocycles. The van der Waals surface area contributed by atoms with Gasteiger partial charge in [0.25, 0.3) is 5.91 Å². The van der Waals surface area contributed by atoms with Crippen LogP contribution in [0.3, 0.4) is 0 Å². The Labute approximate surface area is 206 Å². The van der Waals surface area contributed by atoms with Crippen molar-refractivity contribution in [3.8, 4) is 22.4 Å². The van der Waals surface area contributed by atoms with E-state index in [9.17, 15) is 4.79 Å². The molecule has 0 saturated carbocycles. The third-order valence-corrected chi connectivity index (χ3v) is 6.65. The van der Waals surface area contributed by atoms with Crippen LogP contribution in [0.4, 0.5) is 0 Å². The molecule has 1 aliphatic heterocycles. The third-order valence-electron chi connectivity index (χ3n) is 5.84. The van der Waals surface area contributed by atoms with Crippen molar-refractivity contribution in [3.05, 3.63) is 92.8 Å². The number of aromatic nitrogens is 3. The van der Waals surface area contributed by atoms with Gasteiger partial charge in [0.1, 0.15) is 5.15 Å². The van der Waals surface area contributed by atoms with Crippen LogP contribution in [0, 0.1) is 0 Å². The summed E-state index contributed by atoms with van der Waals surface area (Å²) in [6.45, 7) is 1.03. The number of aryl methyl sites for hydroxylation is 1. The Hall–Kier alpha value is -2.86. The number of amides is 1. The van der Waals surface area contributed by atoms with E-state index in [1.807, 2.05) is 43.6 Å². The first-order chi connectivity index (χ1) is 15.9. The molecule has 33 heavy (non-hydrogen) atoms. The second-order valence-electron chi connectivity index (χ2n) is 7.98. The van der Waals surface area contributed by atoms with Crippen molar-refractivity contribution in [1.29, 1.82) is 0 Å². The first kappa shape index (κ1) is 22.0. The van der Waals surface area contributed by atoms with Crippen LogP contribution in [0.1, 0.15) is 21.5 Å². The van der Waals surface area contributed by atoms with Crippen LogP contribution < -0.4 is 0 Å². The summed E-state index contributed by atoms with van der Waals surface area (Å²) in [6, 6.07) is 15.2. The molecule has 1 amide bonds. The van der Waals surface area contributed by atoms with Gasteiger partial charge in [-0.15, -0.1) is 0 Å². The summed E-state index contributed by atoms with van der Waals surface area (Å²) in [5.41, 5.74) is 6.15. The predicted octanol–water partition coefficient (Wildman–Crippen LogP) is 6.31. The molecule has 0 unspecified atom stereocenters. The molecule has 0 saturated heterocycles. The standard InChI is InChI=1S/C25H19Cl3N4O/c1-31-13-17(12-29-31)16-10-20(26)24(21(27)11-16)25(33)32-9-8-18-15(14-32)4-2-5-19(18)22-6-3-7-23(28)30-22/h2-7,10-13H,8-9,14H2,1H3. The molecule has 5 nitrogen and oxygen atoms in total. The van der Waals surface area contributed by atoms with Gasteiger partial charge in [-0.2, -0.15) is 5.10 Å². The summed E-state index contributed by atoms with van der Waals surface area (Å²) in [5.74, 6) is -0.181. The Bertz CT molecular complexity index is 1360. The summed E-state index contributed by atoms with van der Waals surface area (Å²) in [5, 5.41) is 5.29. The lowest BCUT2D eigenvalue weighted by molar-refractivity contribution is 0.0735. The molecule has 2 aromatic carbocycles. The van der Waals surface area contributed by atoms with Gasteiger partial charge < -0.3 is 4.90 Å². The minimum Gasteiger partial charge on any atom is -0.334 e. The van der Waals surface area contributed by atoms with E-state index in [1.54, 1.807) is 34.0 Å². The maximum Gasteiger partial charge on any atom is 0.257 e. The second-order valence-corrected chi connectivity index (χ2v) is 9.18. The lowest BCUT2D eigenvalue weighted by Gasteiger charge is -2.30. The molecule has 3 heterocycles. The van der Waals surface area contributed by atoms with Gasteiger partial charge in [0.05, 0.1) is 27.5 Å². The van der Waals surface area contributed by atoms with Crippen LogP contribution in [-0.2, 0) is 20.0 Å². The van der Waals surface area contributed by atoms with Crippen LogP contribution in [0.5, 0.6) is 0 Å². The second kappa shape index (κ2) is 8.82. The summed E-state index contributed by atoms with van der Waals surface area (Å²) in [7, 11) is 1.84. The van der Waals surface area contributed by atoms with Crippen LogP contribution >= 0.6 is 34.8 Å². The summed E-state index contributed by atoms with van der Waals surface area (Å²) < 4.78 is 1.70. The Balaban J connectivity index is 1.44. The molecule has 4 aromatic rings. The molecule has 0 bridgehead atoms. The monoisotopic (exact) mass is 496 g/mol. The lowest BCUT2D eigenvalue weighted by Crippen LogP contribution is -2.36. The largest absolute Gasteiger partial charge is 0.334 e. The summed E-state index contributed by atoms with van der Waals surface area (Å²) >= 11 is 19.2. The van der Waals surface area contributed by atoms with Gasteiger partial charge in [0, 0.05) is 37.5 Å². The van der Waals surface area contributed by atoms with Crippen LogP contribution in [0.25, 0.3) is 22.4 Å². The van der Waals surface area contributed by atoms with E-state index in [1.165, 1.54) is 5.56 Å². The van der Waals surface area contributed by atoms with E-state index in [4.69, 9.17) is 34.8 Å². The Kier molecular flexibility index (Phi) is 5.87. The van der Waals surface area contributed by atoms with E-state index < -0.39 is 0 Å². The normalized spacial score (nSPS) is 13.2. The van der Waals surface area contributed by atoms with Crippen LogP contribution in [0.2, 0.25) is 15.2 Å². The van der Waals surface area contributed by atoms with Gasteiger partial charge in [0.2, 0.25) is 0 Å². The van der Waals surface area contributed by atoms with E-state index in [2.05, 4.69) is 10.1 Å². The average molecular weight is 498 g/mol. The number of benzene rings is 2. The summed E-state index contributed by atoms with van der Waals surface area (Å²) in [4.78, 5) is 19.7. The van der Waals surface area contributed by atoms with Crippen LogP contribution in [-0.4, -0.2) is 32.1 Å². The third kappa shape index (κ3) is 4.24. The van der Waals surface area contributed by atoms with Gasteiger partial charge in [-0.1, -0.05) is 59.1 Å². The zero-order chi connectivity index (χ0) is 23.1. The van der Waals surface area contributed by atoms with Gasteiger partial charge >= 0.3 is 0 Å². The van der Waals surface area contributed by atoms with Crippen molar-refractivity contribution in [2.24, 2.45) is 7.05 Å². The quantitative estimate of drug-likeness (QED) is 0.312. The maximum atomic E-state index is 13.4. The average Bonchev–Trinajstić information content (AvgIpc) is 3.24. The smallest absolute Gasteiger partial charge is 0.257 e. The first-order valence-electron chi connectivity index (χ1n) is 10.4. The Morgan fingerprint density at radius 3 is 2.45 bits per heavy atom. The fourth-order valence-corrected chi connectivity index (χ4v) is 5.07. The maximum absolute atomic E-state index is 13.4. The van der Waals surface area contributed by atoms with E-state index in [0.29, 0.717) is 40.3 Å². The number of nitrogens with zero attached hydrogens (tertiary/aromatic N) is 4. The molecule has 0 fully saturated rings. The molecule has 8 heteroatoms. The fraction of sp³-hybridized carbons (Fsp3) is 0.160. The minimum absolute atomic E-state index is 0.181. The molecule has 0 spiro atoms. The molecular weight excluding hydrogens is 479 g/mol. The molecular formula is C25H19Cl3N4O. The fourth-order valence-electron chi connectivity index (χ4n) is 4.25. The number of hydrogen-bond donors (Lipinski definition) is 0. The molecule has 0 N–H and O–H groups in total. The highest BCUT2D eigenvalue weighted by molar-refractivity contribution is 6.40. The highest BCUT2D eigenvalue weighted by atomic mass is 35.5. The van der Waals surface area contributed by atoms with Gasteiger partial charge in [0.15, 0.2) is 0 Å². The van der Waals surface area contributed by atoms with Crippen molar-refractivity contribution in [2.75, 3.05) is 6.54 Å². The molecule has 1 aliphatic rings. The number of halogens is 3. The van der Waals surface area contributed by atoms with Gasteiger partial charge in [-0.05, 0) is 47.4 Å². The number of pyridine rings is 1. The van der Waals surface area contributed by atoms with Crippen molar-refractivity contribution < 1.29 is 4.79 Å².